The van der Waals surface area contributed by atoms with Crippen LogP contribution in [0.3, 0.4) is 0 Å². The van der Waals surface area contributed by atoms with Gasteiger partial charge in [0.05, 0.1) is 0 Å². The van der Waals surface area contributed by atoms with Crippen LogP contribution in [-0.4, -0.2) is 11.6 Å². The van der Waals surface area contributed by atoms with Crippen molar-refractivity contribution in [2.24, 2.45) is 0 Å². The van der Waals surface area contributed by atoms with Crippen molar-refractivity contribution >= 4 is 17.3 Å². The molecule has 1 aliphatic carbocycles. The molecule has 0 saturated carbocycles. The van der Waals surface area contributed by atoms with Crippen molar-refractivity contribution in [1.29, 1.82) is 0 Å². The van der Waals surface area contributed by atoms with E-state index < -0.39 is 11.6 Å². The van der Waals surface area contributed by atoms with Gasteiger partial charge in [-0.05, 0) is 11.6 Å². The van der Waals surface area contributed by atoms with Gasteiger partial charge in [0, 0.05) is 5.56 Å². The number of ketones is 2. The van der Waals surface area contributed by atoms with E-state index in [0.29, 0.717) is 5.56 Å². The van der Waals surface area contributed by atoms with Gasteiger partial charge < -0.3 is 5.11 Å². The first-order valence-corrected chi connectivity index (χ1v) is 3.77. The van der Waals surface area contributed by atoms with Crippen LogP contribution in [0.5, 0.6) is 0 Å². The lowest BCUT2D eigenvalue weighted by molar-refractivity contribution is -0.244. The summed E-state index contributed by atoms with van der Waals surface area (Å²) in [5, 5.41) is 11.2. The van der Waals surface area contributed by atoms with Crippen LogP contribution >= 0.6 is 0 Å². The van der Waals surface area contributed by atoms with Gasteiger partial charge in [0.2, 0.25) is 11.6 Å². The van der Waals surface area contributed by atoms with Crippen molar-refractivity contribution in [3.63, 3.8) is 0 Å². The van der Waals surface area contributed by atoms with Gasteiger partial charge in [-0.3, -0.25) is 9.59 Å². The van der Waals surface area contributed by atoms with Crippen LogP contribution in [-0.2, 0) is 4.79 Å². The van der Waals surface area contributed by atoms with Gasteiger partial charge in [-0.25, -0.2) is 0 Å². The normalized spacial score (nSPS) is 15.2. The highest BCUT2D eigenvalue weighted by molar-refractivity contribution is 6.50. The van der Waals surface area contributed by atoms with E-state index in [0.717, 1.165) is 6.08 Å². The van der Waals surface area contributed by atoms with Crippen LogP contribution in [0.15, 0.2) is 30.3 Å². The molecule has 3 heteroatoms. The molecule has 0 atom stereocenters. The van der Waals surface area contributed by atoms with Gasteiger partial charge in [0.25, 0.3) is 0 Å². The number of allylic oxidation sites excluding steroid dienone is 1. The summed E-state index contributed by atoms with van der Waals surface area (Å²) in [6.07, 6.45) is 0.838. The van der Waals surface area contributed by atoms with Gasteiger partial charge in [-0.2, -0.15) is 0 Å². The highest BCUT2D eigenvalue weighted by Crippen LogP contribution is 2.20. The molecule has 1 aliphatic rings. The molecule has 3 nitrogen and oxygen atoms in total. The molecule has 0 unspecified atom stereocenters. The lowest BCUT2D eigenvalue weighted by Crippen LogP contribution is -2.22. The Kier molecular flexibility index (Phi) is 1.52. The Morgan fingerprint density at radius 3 is 2.31 bits per heavy atom. The van der Waals surface area contributed by atoms with Crippen molar-refractivity contribution < 1.29 is 14.7 Å². The molecule has 1 aromatic carbocycles. The lowest BCUT2D eigenvalue weighted by atomic mass is 9.94. The molecule has 0 heterocycles. The SMILES string of the molecule is O=C1C=C([O-])c2ccccc2C1=O. The lowest BCUT2D eigenvalue weighted by Gasteiger charge is -2.18. The first-order chi connectivity index (χ1) is 6.20. The second-order valence-corrected chi connectivity index (χ2v) is 2.75. The van der Waals surface area contributed by atoms with E-state index in [2.05, 4.69) is 0 Å². The standard InChI is InChI=1S/C10H6O3/c11-8-5-9(12)10(13)7-4-2-1-3-6(7)8/h1-5,11H/p-1. The Morgan fingerprint density at radius 2 is 1.62 bits per heavy atom. The van der Waals surface area contributed by atoms with Gasteiger partial charge in [-0.1, -0.05) is 30.0 Å². The molecule has 0 N–H and O–H groups in total. The van der Waals surface area contributed by atoms with Crippen LogP contribution in [0, 0.1) is 0 Å². The maximum atomic E-state index is 11.2. The smallest absolute Gasteiger partial charge is 0.233 e. The number of benzene rings is 1. The first-order valence-electron chi connectivity index (χ1n) is 3.77. The number of carbonyl (C=O) groups excluding carboxylic acids is 2. The predicted molar refractivity (Wildman–Crippen MR) is 43.8 cm³/mol. The van der Waals surface area contributed by atoms with Gasteiger partial charge >= 0.3 is 0 Å². The summed E-state index contributed by atoms with van der Waals surface area (Å²) in [6, 6.07) is 6.31. The molecule has 0 amide bonds. The molecule has 0 bridgehead atoms. The summed E-state index contributed by atoms with van der Waals surface area (Å²) in [4.78, 5) is 22.2. The monoisotopic (exact) mass is 173 g/mol. The van der Waals surface area contributed by atoms with E-state index in [-0.39, 0.29) is 11.3 Å². The highest BCUT2D eigenvalue weighted by Gasteiger charge is 2.20. The quantitative estimate of drug-likeness (QED) is 0.525. The van der Waals surface area contributed by atoms with Gasteiger partial charge in [0.1, 0.15) is 0 Å². The van der Waals surface area contributed by atoms with Crippen LogP contribution in [0.25, 0.3) is 5.76 Å². The molecular weight excluding hydrogens is 168 g/mol. The fourth-order valence-corrected chi connectivity index (χ4v) is 1.29. The summed E-state index contributed by atoms with van der Waals surface area (Å²) in [7, 11) is 0. The third-order valence-electron chi connectivity index (χ3n) is 1.92. The molecule has 0 aliphatic heterocycles. The fourth-order valence-electron chi connectivity index (χ4n) is 1.29. The summed E-state index contributed by atoms with van der Waals surface area (Å²) in [6.45, 7) is 0. The largest absolute Gasteiger partial charge is 0.872 e. The minimum Gasteiger partial charge on any atom is -0.872 e. The number of Topliss-reactive ketones (excluding diaryl/α,β-unsaturated/α-hetero) is 1. The maximum absolute atomic E-state index is 11.2. The zero-order chi connectivity index (χ0) is 9.42. The van der Waals surface area contributed by atoms with Crippen molar-refractivity contribution in [2.75, 3.05) is 0 Å². The predicted octanol–water partition coefficient (Wildman–Crippen LogP) is 0.153. The van der Waals surface area contributed by atoms with E-state index in [1.165, 1.54) is 6.07 Å². The second-order valence-electron chi connectivity index (χ2n) is 2.75. The molecule has 0 radical (unpaired) electrons. The van der Waals surface area contributed by atoms with Gasteiger partial charge in [0.15, 0.2) is 0 Å². The molecule has 2 rings (SSSR count). The van der Waals surface area contributed by atoms with E-state index in [4.69, 9.17) is 0 Å². The van der Waals surface area contributed by atoms with Crippen LogP contribution in [0.4, 0.5) is 0 Å². The second kappa shape index (κ2) is 2.55. The van der Waals surface area contributed by atoms with Gasteiger partial charge in [-0.15, -0.1) is 0 Å². The molecule has 1 aromatic rings. The molecule has 13 heavy (non-hydrogen) atoms. The summed E-state index contributed by atoms with van der Waals surface area (Å²) < 4.78 is 0. The number of carbonyl (C=O) groups is 2. The number of fused-ring (bicyclic) bond motifs is 1. The summed E-state index contributed by atoms with van der Waals surface area (Å²) in [5.74, 6) is -1.72. The Labute approximate surface area is 74.3 Å². The zero-order valence-electron chi connectivity index (χ0n) is 6.61. The zero-order valence-corrected chi connectivity index (χ0v) is 6.61. The molecule has 0 spiro atoms. The molecule has 0 aromatic heterocycles. The average molecular weight is 173 g/mol. The minimum atomic E-state index is -0.733. The first kappa shape index (κ1) is 7.73. The van der Waals surface area contributed by atoms with Crippen molar-refractivity contribution in [3.05, 3.63) is 41.5 Å². The Morgan fingerprint density at radius 1 is 1.00 bits per heavy atom. The number of hydrogen-bond donors (Lipinski definition) is 0. The third kappa shape index (κ3) is 1.05. The van der Waals surface area contributed by atoms with Crippen LogP contribution in [0.1, 0.15) is 15.9 Å². The molecule has 0 fully saturated rings. The minimum absolute atomic E-state index is 0.208. The average Bonchev–Trinajstić information content (AvgIpc) is 2.15. The van der Waals surface area contributed by atoms with E-state index in [9.17, 15) is 14.7 Å². The maximum Gasteiger partial charge on any atom is 0.233 e. The Bertz CT molecular complexity index is 430. The number of hydrogen-bond acceptors (Lipinski definition) is 3. The van der Waals surface area contributed by atoms with E-state index in [1.807, 2.05) is 0 Å². The van der Waals surface area contributed by atoms with Crippen molar-refractivity contribution in [3.8, 4) is 0 Å². The molecule has 0 saturated heterocycles. The Balaban J connectivity index is 2.72. The van der Waals surface area contributed by atoms with Crippen molar-refractivity contribution in [2.45, 2.75) is 0 Å². The molecular formula is C10H5O3-. The fraction of sp³-hybridized carbons (Fsp3) is 0. The highest BCUT2D eigenvalue weighted by atomic mass is 16.3. The van der Waals surface area contributed by atoms with Crippen LogP contribution < -0.4 is 5.11 Å². The number of rotatable bonds is 0. The van der Waals surface area contributed by atoms with Crippen LogP contribution in [0.2, 0.25) is 0 Å². The summed E-state index contributed by atoms with van der Waals surface area (Å²) >= 11 is 0. The molecule has 64 valence electrons. The Hall–Kier alpha value is -1.90. The topological polar surface area (TPSA) is 57.2 Å². The van der Waals surface area contributed by atoms with Crippen molar-refractivity contribution in [1.82, 2.24) is 0 Å². The third-order valence-corrected chi connectivity index (χ3v) is 1.92. The van der Waals surface area contributed by atoms with E-state index in [1.54, 1.807) is 18.2 Å². The van der Waals surface area contributed by atoms with E-state index >= 15 is 0 Å². The summed E-state index contributed by atoms with van der Waals surface area (Å²) in [5.41, 5.74) is 0.520.